The summed E-state index contributed by atoms with van der Waals surface area (Å²) in [6.45, 7) is 4.22. The van der Waals surface area contributed by atoms with Gasteiger partial charge in [0.2, 0.25) is 0 Å². The van der Waals surface area contributed by atoms with E-state index in [2.05, 4.69) is 11.8 Å². The third-order valence-electron chi connectivity index (χ3n) is 4.14. The highest BCUT2D eigenvalue weighted by atomic mass is 16.1. The lowest BCUT2D eigenvalue weighted by molar-refractivity contribution is -0.127. The third-order valence-corrected chi connectivity index (χ3v) is 4.14. The fourth-order valence-electron chi connectivity index (χ4n) is 3.07. The van der Waals surface area contributed by atoms with Crippen LogP contribution in [0.3, 0.4) is 0 Å². The van der Waals surface area contributed by atoms with Crippen LogP contribution in [0.5, 0.6) is 0 Å². The lowest BCUT2D eigenvalue weighted by atomic mass is 9.89. The van der Waals surface area contributed by atoms with Crippen molar-refractivity contribution in [3.63, 3.8) is 0 Å². The zero-order valence-electron chi connectivity index (χ0n) is 9.87. The van der Waals surface area contributed by atoms with Gasteiger partial charge >= 0.3 is 0 Å². The Balaban J connectivity index is 1.89. The Bertz CT molecular complexity index is 221. The molecule has 1 aliphatic heterocycles. The number of hydrogen-bond acceptors (Lipinski definition) is 2. The van der Waals surface area contributed by atoms with E-state index < -0.39 is 0 Å². The highest BCUT2D eigenvalue weighted by Crippen LogP contribution is 2.26. The topological polar surface area (TPSA) is 20.3 Å². The van der Waals surface area contributed by atoms with Gasteiger partial charge in [0.15, 0.2) is 0 Å². The molecular formula is C13H23NO. The van der Waals surface area contributed by atoms with Crippen LogP contribution in [0.4, 0.5) is 0 Å². The van der Waals surface area contributed by atoms with Crippen LogP contribution in [0.2, 0.25) is 0 Å². The largest absolute Gasteiger partial charge is 0.299 e. The summed E-state index contributed by atoms with van der Waals surface area (Å²) in [6, 6.07) is 0.792. The number of carbonyl (C=O) groups is 1. The molecule has 0 amide bonds. The van der Waals surface area contributed by atoms with E-state index in [4.69, 9.17) is 0 Å². The summed E-state index contributed by atoms with van der Waals surface area (Å²) in [7, 11) is 0. The van der Waals surface area contributed by atoms with Gasteiger partial charge in [-0.15, -0.1) is 0 Å². The highest BCUT2D eigenvalue weighted by Gasteiger charge is 2.30. The fraction of sp³-hybridized carbons (Fsp3) is 0.923. The summed E-state index contributed by atoms with van der Waals surface area (Å²) in [4.78, 5) is 14.2. The zero-order chi connectivity index (χ0) is 10.7. The van der Waals surface area contributed by atoms with Crippen molar-refractivity contribution in [1.29, 1.82) is 0 Å². The third kappa shape index (κ3) is 2.60. The summed E-state index contributed by atoms with van der Waals surface area (Å²) in [6.07, 6.45) is 8.77. The van der Waals surface area contributed by atoms with Crippen LogP contribution in [-0.2, 0) is 4.79 Å². The van der Waals surface area contributed by atoms with E-state index in [0.29, 0.717) is 11.7 Å². The maximum atomic E-state index is 11.6. The van der Waals surface area contributed by atoms with Gasteiger partial charge in [0, 0.05) is 31.5 Å². The predicted molar refractivity (Wildman–Crippen MR) is 61.9 cm³/mol. The fourth-order valence-corrected chi connectivity index (χ4v) is 3.07. The molecule has 0 aromatic rings. The van der Waals surface area contributed by atoms with Gasteiger partial charge < -0.3 is 0 Å². The highest BCUT2D eigenvalue weighted by molar-refractivity contribution is 5.82. The van der Waals surface area contributed by atoms with E-state index in [1.807, 2.05) is 0 Å². The average Bonchev–Trinajstić information content (AvgIpc) is 2.31. The average molecular weight is 209 g/mol. The first-order chi connectivity index (χ1) is 7.31. The minimum absolute atomic E-state index is 0.334. The minimum atomic E-state index is 0.334. The van der Waals surface area contributed by atoms with Crippen molar-refractivity contribution < 1.29 is 4.79 Å². The van der Waals surface area contributed by atoms with E-state index in [1.54, 1.807) is 0 Å². The molecule has 0 bridgehead atoms. The first-order valence-electron chi connectivity index (χ1n) is 6.58. The van der Waals surface area contributed by atoms with Crippen LogP contribution in [0.15, 0.2) is 0 Å². The zero-order valence-corrected chi connectivity index (χ0v) is 9.87. The summed E-state index contributed by atoms with van der Waals surface area (Å²) >= 11 is 0. The first kappa shape index (κ1) is 11.1. The number of piperidine rings is 1. The van der Waals surface area contributed by atoms with E-state index in [-0.39, 0.29) is 0 Å². The molecule has 0 N–H and O–H groups in total. The Hall–Kier alpha value is -0.370. The van der Waals surface area contributed by atoms with Crippen molar-refractivity contribution in [2.24, 2.45) is 5.92 Å². The lowest BCUT2D eigenvalue weighted by Gasteiger charge is -2.39. The molecule has 1 unspecified atom stereocenters. The Morgan fingerprint density at radius 1 is 1.27 bits per heavy atom. The Kier molecular flexibility index (Phi) is 3.79. The second-order valence-electron chi connectivity index (χ2n) is 5.11. The van der Waals surface area contributed by atoms with Gasteiger partial charge in [-0.3, -0.25) is 9.69 Å². The number of ketones is 1. The van der Waals surface area contributed by atoms with E-state index in [1.165, 1.54) is 32.1 Å². The summed E-state index contributed by atoms with van der Waals surface area (Å²) in [5, 5.41) is 0. The van der Waals surface area contributed by atoms with E-state index in [9.17, 15) is 4.79 Å². The number of likely N-dealkylation sites (tertiary alicyclic amines) is 1. The number of rotatable bonds is 2. The molecule has 1 saturated carbocycles. The number of carbonyl (C=O) groups excluding carboxylic acids is 1. The molecule has 2 rings (SSSR count). The lowest BCUT2D eigenvalue weighted by Crippen LogP contribution is -2.46. The SMILES string of the molecule is CCC1CN(C2CCCCC2)CCC1=O. The Morgan fingerprint density at radius 3 is 2.67 bits per heavy atom. The molecule has 2 aliphatic rings. The molecule has 2 fully saturated rings. The van der Waals surface area contributed by atoms with Crippen LogP contribution in [0.25, 0.3) is 0 Å². The van der Waals surface area contributed by atoms with Crippen molar-refractivity contribution >= 4 is 5.78 Å². The second-order valence-corrected chi connectivity index (χ2v) is 5.11. The first-order valence-corrected chi connectivity index (χ1v) is 6.58. The van der Waals surface area contributed by atoms with Crippen molar-refractivity contribution in [2.75, 3.05) is 13.1 Å². The maximum Gasteiger partial charge on any atom is 0.138 e. The maximum absolute atomic E-state index is 11.6. The van der Waals surface area contributed by atoms with Crippen LogP contribution in [-0.4, -0.2) is 29.8 Å². The molecule has 86 valence electrons. The van der Waals surface area contributed by atoms with Crippen molar-refractivity contribution in [3.8, 4) is 0 Å². The van der Waals surface area contributed by atoms with Crippen molar-refractivity contribution in [1.82, 2.24) is 4.90 Å². The summed E-state index contributed by atoms with van der Waals surface area (Å²) in [5.74, 6) is 0.838. The second kappa shape index (κ2) is 5.11. The van der Waals surface area contributed by atoms with Crippen LogP contribution in [0.1, 0.15) is 51.9 Å². The normalized spacial score (nSPS) is 30.7. The van der Waals surface area contributed by atoms with Crippen LogP contribution >= 0.6 is 0 Å². The van der Waals surface area contributed by atoms with Gasteiger partial charge in [0.05, 0.1) is 0 Å². The molecule has 1 heterocycles. The molecule has 1 atom stereocenters. The summed E-state index contributed by atoms with van der Waals surface area (Å²) < 4.78 is 0. The minimum Gasteiger partial charge on any atom is -0.299 e. The van der Waals surface area contributed by atoms with Crippen molar-refractivity contribution in [3.05, 3.63) is 0 Å². The molecule has 1 saturated heterocycles. The quantitative estimate of drug-likeness (QED) is 0.697. The van der Waals surface area contributed by atoms with Gasteiger partial charge in [-0.05, 0) is 19.3 Å². The number of Topliss-reactive ketones (excluding diaryl/α,β-unsaturated/α-hetero) is 1. The van der Waals surface area contributed by atoms with Crippen molar-refractivity contribution in [2.45, 2.75) is 57.9 Å². The van der Waals surface area contributed by atoms with Gasteiger partial charge in [-0.2, -0.15) is 0 Å². The molecule has 2 heteroatoms. The Morgan fingerprint density at radius 2 is 2.00 bits per heavy atom. The van der Waals surface area contributed by atoms with E-state index >= 15 is 0 Å². The van der Waals surface area contributed by atoms with Crippen LogP contribution in [0, 0.1) is 5.92 Å². The molecule has 0 spiro atoms. The van der Waals surface area contributed by atoms with Gasteiger partial charge in [0.1, 0.15) is 5.78 Å². The number of hydrogen-bond donors (Lipinski definition) is 0. The molecule has 0 aromatic carbocycles. The molecule has 0 radical (unpaired) electrons. The van der Waals surface area contributed by atoms with E-state index in [0.717, 1.165) is 32.0 Å². The monoisotopic (exact) mass is 209 g/mol. The van der Waals surface area contributed by atoms with Gasteiger partial charge in [0.25, 0.3) is 0 Å². The van der Waals surface area contributed by atoms with Crippen LogP contribution < -0.4 is 0 Å². The molecular weight excluding hydrogens is 186 g/mol. The number of nitrogens with zero attached hydrogens (tertiary/aromatic N) is 1. The van der Waals surface area contributed by atoms with Gasteiger partial charge in [-0.25, -0.2) is 0 Å². The van der Waals surface area contributed by atoms with Gasteiger partial charge in [-0.1, -0.05) is 26.2 Å². The molecule has 1 aliphatic carbocycles. The molecule has 15 heavy (non-hydrogen) atoms. The smallest absolute Gasteiger partial charge is 0.138 e. The standard InChI is InChI=1S/C13H23NO/c1-2-11-10-14(9-8-13(11)15)12-6-4-3-5-7-12/h11-12H,2-10H2,1H3. The molecule has 2 nitrogen and oxygen atoms in total. The predicted octanol–water partition coefficient (Wildman–Crippen LogP) is 2.62. The Labute approximate surface area is 93.0 Å². The summed E-state index contributed by atoms with van der Waals surface area (Å²) in [5.41, 5.74) is 0. The molecule has 0 aromatic heterocycles.